The fraction of sp³-hybridized carbons (Fsp3) is 0.353. The number of carbonyl (C=O) groups excluding carboxylic acids is 1. The van der Waals surface area contributed by atoms with E-state index in [1.807, 2.05) is 26.0 Å². The van der Waals surface area contributed by atoms with Crippen LogP contribution in [0.15, 0.2) is 24.3 Å². The Kier molecular flexibility index (Phi) is 3.38. The lowest BCUT2D eigenvalue weighted by Crippen LogP contribution is -2.26. The molecule has 2 nitrogen and oxygen atoms in total. The van der Waals surface area contributed by atoms with Gasteiger partial charge in [0.2, 0.25) is 5.91 Å². The van der Waals surface area contributed by atoms with E-state index in [9.17, 15) is 4.79 Å². The lowest BCUT2D eigenvalue weighted by molar-refractivity contribution is -0.119. The van der Waals surface area contributed by atoms with Gasteiger partial charge in [0.15, 0.2) is 0 Å². The second kappa shape index (κ2) is 4.85. The van der Waals surface area contributed by atoms with Crippen molar-refractivity contribution < 1.29 is 4.79 Å². The van der Waals surface area contributed by atoms with Gasteiger partial charge in [-0.1, -0.05) is 12.1 Å². The van der Waals surface area contributed by atoms with Crippen LogP contribution in [0.4, 0.5) is 5.69 Å². The minimum atomic E-state index is -0.497. The number of anilines is 1. The van der Waals surface area contributed by atoms with E-state index in [-0.39, 0.29) is 11.3 Å². The number of halogens is 1. The first-order valence-corrected chi connectivity index (χ1v) is 8.23. The number of aryl methyl sites for hydroxylation is 2. The number of thiophene rings is 1. The van der Waals surface area contributed by atoms with Gasteiger partial charge in [-0.25, -0.2) is 0 Å². The predicted molar refractivity (Wildman–Crippen MR) is 89.6 cm³/mol. The summed E-state index contributed by atoms with van der Waals surface area (Å²) in [6.45, 7) is 8.11. The van der Waals surface area contributed by atoms with Crippen LogP contribution in [-0.4, -0.2) is 5.91 Å². The first-order valence-electron chi connectivity index (χ1n) is 6.97. The molecule has 0 saturated carbocycles. The molecule has 2 aromatic rings. The quantitative estimate of drug-likeness (QED) is 0.782. The topological polar surface area (TPSA) is 29.1 Å². The molecule has 1 aliphatic rings. The second-order valence-electron chi connectivity index (χ2n) is 6.13. The van der Waals surface area contributed by atoms with E-state index >= 15 is 0 Å². The Morgan fingerprint density at radius 3 is 2.57 bits per heavy atom. The number of fused-ring (bicyclic) bond motifs is 1. The molecule has 1 aromatic carbocycles. The molecule has 0 saturated heterocycles. The van der Waals surface area contributed by atoms with Gasteiger partial charge in [-0.15, -0.1) is 22.9 Å². The van der Waals surface area contributed by atoms with Gasteiger partial charge >= 0.3 is 0 Å². The lowest BCUT2D eigenvalue weighted by atomic mass is 9.85. The summed E-state index contributed by atoms with van der Waals surface area (Å²) in [4.78, 5) is 14.5. The summed E-state index contributed by atoms with van der Waals surface area (Å²) in [7, 11) is 0. The fourth-order valence-electron chi connectivity index (χ4n) is 2.64. The summed E-state index contributed by atoms with van der Waals surface area (Å²) in [5.74, 6) is 0.0450. The summed E-state index contributed by atoms with van der Waals surface area (Å²) in [6, 6.07) is 8.18. The van der Waals surface area contributed by atoms with Crippen molar-refractivity contribution in [1.29, 1.82) is 0 Å². The molecule has 1 aliphatic heterocycles. The number of hydrogen-bond acceptors (Lipinski definition) is 2. The molecule has 3 rings (SSSR count). The molecule has 2 heterocycles. The Morgan fingerprint density at radius 1 is 1.24 bits per heavy atom. The molecule has 1 unspecified atom stereocenters. The zero-order valence-electron chi connectivity index (χ0n) is 12.6. The summed E-state index contributed by atoms with van der Waals surface area (Å²) in [6.07, 6.45) is 0. The molecule has 1 amide bonds. The summed E-state index contributed by atoms with van der Waals surface area (Å²) < 4.78 is 0. The van der Waals surface area contributed by atoms with E-state index in [0.29, 0.717) is 0 Å². The van der Waals surface area contributed by atoms with Gasteiger partial charge < -0.3 is 5.32 Å². The zero-order valence-corrected chi connectivity index (χ0v) is 14.2. The molecular formula is C17H18ClNOS. The highest BCUT2D eigenvalue weighted by Crippen LogP contribution is 2.41. The number of benzene rings is 1. The third-order valence-electron chi connectivity index (χ3n) is 4.26. The van der Waals surface area contributed by atoms with Gasteiger partial charge in [-0.05, 0) is 56.5 Å². The van der Waals surface area contributed by atoms with Crippen LogP contribution in [0.3, 0.4) is 0 Å². The Labute approximate surface area is 134 Å². The number of alkyl halides is 1. The van der Waals surface area contributed by atoms with E-state index < -0.39 is 5.41 Å². The number of amides is 1. The van der Waals surface area contributed by atoms with Crippen LogP contribution in [-0.2, 0) is 10.2 Å². The van der Waals surface area contributed by atoms with Crippen molar-refractivity contribution in [2.24, 2.45) is 0 Å². The predicted octanol–water partition coefficient (Wildman–Crippen LogP) is 4.92. The molecule has 1 N–H and O–H groups in total. The highest BCUT2D eigenvalue weighted by molar-refractivity contribution is 7.12. The Hall–Kier alpha value is -1.32. The maximum absolute atomic E-state index is 12.0. The monoisotopic (exact) mass is 319 g/mol. The average molecular weight is 320 g/mol. The van der Waals surface area contributed by atoms with Crippen LogP contribution in [0.2, 0.25) is 0 Å². The molecule has 0 fully saturated rings. The van der Waals surface area contributed by atoms with Crippen LogP contribution >= 0.6 is 22.9 Å². The fourth-order valence-corrected chi connectivity index (χ4v) is 4.02. The highest BCUT2D eigenvalue weighted by Gasteiger charge is 2.38. The van der Waals surface area contributed by atoms with Crippen molar-refractivity contribution in [2.75, 3.05) is 5.32 Å². The highest BCUT2D eigenvalue weighted by atomic mass is 35.5. The lowest BCUT2D eigenvalue weighted by Gasteiger charge is -2.17. The second-order valence-corrected chi connectivity index (χ2v) is 7.86. The van der Waals surface area contributed by atoms with E-state index in [0.717, 1.165) is 21.7 Å². The zero-order chi connectivity index (χ0) is 15.4. The van der Waals surface area contributed by atoms with Crippen LogP contribution < -0.4 is 5.32 Å². The SMILES string of the molecule is Cc1cc(C(Cl)c2ccc3c(c2)C(C)(C)C(=O)N3)sc1C. The largest absolute Gasteiger partial charge is 0.325 e. The van der Waals surface area contributed by atoms with E-state index in [2.05, 4.69) is 31.3 Å². The summed E-state index contributed by atoms with van der Waals surface area (Å²) in [5, 5.41) is 2.76. The molecule has 110 valence electrons. The number of rotatable bonds is 2. The molecule has 1 aromatic heterocycles. The molecule has 0 spiro atoms. The molecule has 1 atom stereocenters. The number of hydrogen-bond donors (Lipinski definition) is 1. The van der Waals surface area contributed by atoms with Crippen LogP contribution in [0.25, 0.3) is 0 Å². The van der Waals surface area contributed by atoms with Crippen molar-refractivity contribution in [1.82, 2.24) is 0 Å². The minimum Gasteiger partial charge on any atom is -0.325 e. The maximum Gasteiger partial charge on any atom is 0.234 e. The van der Waals surface area contributed by atoms with Gasteiger partial charge in [0.25, 0.3) is 0 Å². The molecule has 21 heavy (non-hydrogen) atoms. The molecular weight excluding hydrogens is 302 g/mol. The van der Waals surface area contributed by atoms with Gasteiger partial charge in [0.1, 0.15) is 0 Å². The van der Waals surface area contributed by atoms with E-state index in [1.165, 1.54) is 10.4 Å². The molecule has 0 radical (unpaired) electrons. The third-order valence-corrected chi connectivity index (χ3v) is 6.09. The van der Waals surface area contributed by atoms with Crippen molar-refractivity contribution in [3.05, 3.63) is 50.7 Å². The first-order chi connectivity index (χ1) is 9.80. The number of nitrogens with one attached hydrogen (secondary N) is 1. The minimum absolute atomic E-state index is 0.0450. The first kappa shape index (κ1) is 14.6. The maximum atomic E-state index is 12.0. The standard InChI is InChI=1S/C17H18ClNOS/c1-9-7-14(21-10(9)2)15(18)11-5-6-13-12(8-11)17(3,4)16(20)19-13/h5-8,15H,1-4H3,(H,19,20). The van der Waals surface area contributed by atoms with Gasteiger partial charge in [0.05, 0.1) is 10.8 Å². The Morgan fingerprint density at radius 2 is 1.95 bits per heavy atom. The molecule has 4 heteroatoms. The normalized spacial score (nSPS) is 17.5. The van der Waals surface area contributed by atoms with Crippen molar-refractivity contribution in [3.63, 3.8) is 0 Å². The van der Waals surface area contributed by atoms with Crippen LogP contribution in [0.1, 0.15) is 45.7 Å². The third kappa shape index (κ3) is 2.29. The van der Waals surface area contributed by atoms with E-state index in [1.54, 1.807) is 11.3 Å². The van der Waals surface area contributed by atoms with Crippen molar-refractivity contribution in [2.45, 2.75) is 38.5 Å². The average Bonchev–Trinajstić information content (AvgIpc) is 2.88. The van der Waals surface area contributed by atoms with Crippen molar-refractivity contribution in [3.8, 4) is 0 Å². The summed E-state index contributed by atoms with van der Waals surface area (Å²) in [5.41, 5.74) is 3.75. The van der Waals surface area contributed by atoms with Crippen LogP contribution in [0, 0.1) is 13.8 Å². The Balaban J connectivity index is 2.02. The van der Waals surface area contributed by atoms with Gasteiger partial charge in [-0.3, -0.25) is 4.79 Å². The molecule has 0 bridgehead atoms. The molecule has 0 aliphatic carbocycles. The van der Waals surface area contributed by atoms with E-state index in [4.69, 9.17) is 11.6 Å². The summed E-state index contributed by atoms with van der Waals surface area (Å²) >= 11 is 8.39. The van der Waals surface area contributed by atoms with Crippen LogP contribution in [0.5, 0.6) is 0 Å². The smallest absolute Gasteiger partial charge is 0.234 e. The van der Waals surface area contributed by atoms with Gasteiger partial charge in [-0.2, -0.15) is 0 Å². The number of carbonyl (C=O) groups is 1. The van der Waals surface area contributed by atoms with Gasteiger partial charge in [0, 0.05) is 15.4 Å². The van der Waals surface area contributed by atoms with Crippen molar-refractivity contribution >= 4 is 34.5 Å². The Bertz CT molecular complexity index is 713.